The topological polar surface area (TPSA) is 69.4 Å². The highest BCUT2D eigenvalue weighted by Crippen LogP contribution is 2.46. The molecular weight excluding hydrogens is 396 g/mol. The number of carbonyl (C=O) groups excluding carboxylic acids is 1. The molecule has 0 radical (unpaired) electrons. The molecule has 0 bridgehead atoms. The van der Waals surface area contributed by atoms with Gasteiger partial charge in [0.1, 0.15) is 0 Å². The third-order valence-electron chi connectivity index (χ3n) is 5.03. The molecule has 0 saturated carbocycles. The first-order valence-corrected chi connectivity index (χ1v) is 10.9. The van der Waals surface area contributed by atoms with Crippen LogP contribution in [0.3, 0.4) is 0 Å². The van der Waals surface area contributed by atoms with Crippen LogP contribution in [0.25, 0.3) is 16.9 Å². The van der Waals surface area contributed by atoms with Gasteiger partial charge in [-0.15, -0.1) is 23.1 Å². The van der Waals surface area contributed by atoms with Gasteiger partial charge < -0.3 is 14.2 Å². The SMILES string of the molecule is Cn1cc(-n2nc(C(=O)N3CCOCC3)c3c2-c2ccsc2SC3)ccc1=O. The maximum absolute atomic E-state index is 13.2. The van der Waals surface area contributed by atoms with E-state index >= 15 is 0 Å². The monoisotopic (exact) mass is 414 g/mol. The maximum atomic E-state index is 13.2. The summed E-state index contributed by atoms with van der Waals surface area (Å²) in [4.78, 5) is 26.9. The zero-order chi connectivity index (χ0) is 19.3. The third-order valence-corrected chi connectivity index (χ3v) is 7.30. The average Bonchev–Trinajstić information content (AvgIpc) is 3.34. The zero-order valence-corrected chi connectivity index (χ0v) is 16.9. The molecule has 28 heavy (non-hydrogen) atoms. The van der Waals surface area contributed by atoms with E-state index in [9.17, 15) is 9.59 Å². The number of aryl methyl sites for hydroxylation is 1. The molecular formula is C19H18N4O3S2. The standard InChI is InChI=1S/C19H18N4O3S2/c1-21-10-12(2-3-15(21)24)23-17-13-4-9-27-19(13)28-11-14(17)16(20-23)18(25)22-5-7-26-8-6-22/h2-4,9-10H,5-8,11H2,1H3. The van der Waals surface area contributed by atoms with Crippen molar-refractivity contribution in [2.24, 2.45) is 7.05 Å². The van der Waals surface area contributed by atoms with E-state index in [-0.39, 0.29) is 11.5 Å². The van der Waals surface area contributed by atoms with Crippen molar-refractivity contribution in [3.05, 3.63) is 51.4 Å². The van der Waals surface area contributed by atoms with Crippen LogP contribution in [0.15, 0.2) is 38.8 Å². The van der Waals surface area contributed by atoms with Crippen LogP contribution in [-0.2, 0) is 17.5 Å². The molecule has 1 amide bonds. The number of fused-ring (bicyclic) bond motifs is 3. The second-order valence-corrected chi connectivity index (χ2v) is 8.90. The molecule has 1 saturated heterocycles. The first-order chi connectivity index (χ1) is 13.6. The van der Waals surface area contributed by atoms with Crippen molar-refractivity contribution in [3.63, 3.8) is 0 Å². The number of morpholine rings is 1. The number of carbonyl (C=O) groups is 1. The predicted octanol–water partition coefficient (Wildman–Crippen LogP) is 2.38. The summed E-state index contributed by atoms with van der Waals surface area (Å²) in [5.41, 5.74) is 4.19. The van der Waals surface area contributed by atoms with E-state index < -0.39 is 0 Å². The molecule has 0 unspecified atom stereocenters. The number of thiophene rings is 1. The fourth-order valence-electron chi connectivity index (χ4n) is 3.56. The molecule has 0 N–H and O–H groups in total. The molecule has 7 nitrogen and oxygen atoms in total. The van der Waals surface area contributed by atoms with E-state index in [1.807, 2.05) is 9.58 Å². The molecule has 1 fully saturated rings. The minimum absolute atomic E-state index is 0.0533. The zero-order valence-electron chi connectivity index (χ0n) is 15.3. The number of hydrogen-bond acceptors (Lipinski definition) is 6. The summed E-state index contributed by atoms with van der Waals surface area (Å²) in [7, 11) is 1.72. The van der Waals surface area contributed by atoms with E-state index in [1.165, 1.54) is 14.8 Å². The van der Waals surface area contributed by atoms with E-state index in [1.54, 1.807) is 42.4 Å². The second-order valence-electron chi connectivity index (χ2n) is 6.74. The minimum Gasteiger partial charge on any atom is -0.378 e. The van der Waals surface area contributed by atoms with Crippen molar-refractivity contribution in [3.8, 4) is 16.9 Å². The molecule has 5 heterocycles. The highest BCUT2D eigenvalue weighted by Gasteiger charge is 2.32. The van der Waals surface area contributed by atoms with Crippen molar-refractivity contribution in [1.82, 2.24) is 19.2 Å². The van der Waals surface area contributed by atoms with Gasteiger partial charge in [-0.25, -0.2) is 4.68 Å². The second kappa shape index (κ2) is 6.91. The van der Waals surface area contributed by atoms with Crippen LogP contribution < -0.4 is 5.56 Å². The number of hydrogen-bond donors (Lipinski definition) is 0. The maximum Gasteiger partial charge on any atom is 0.274 e. The van der Waals surface area contributed by atoms with Gasteiger partial charge in [0.2, 0.25) is 5.56 Å². The van der Waals surface area contributed by atoms with E-state index in [0.717, 1.165) is 22.5 Å². The van der Waals surface area contributed by atoms with Crippen molar-refractivity contribution < 1.29 is 9.53 Å². The lowest BCUT2D eigenvalue weighted by molar-refractivity contribution is 0.0298. The summed E-state index contributed by atoms with van der Waals surface area (Å²) in [6.07, 6.45) is 1.76. The largest absolute Gasteiger partial charge is 0.378 e. The fourth-order valence-corrected chi connectivity index (χ4v) is 5.67. The van der Waals surface area contributed by atoms with Crippen LogP contribution in [0, 0.1) is 0 Å². The van der Waals surface area contributed by atoms with Crippen LogP contribution in [-0.4, -0.2) is 51.5 Å². The summed E-state index contributed by atoms with van der Waals surface area (Å²) in [5, 5.41) is 6.81. The number of ether oxygens (including phenoxy) is 1. The number of thioether (sulfide) groups is 1. The van der Waals surface area contributed by atoms with Gasteiger partial charge in [0.05, 0.1) is 28.8 Å². The van der Waals surface area contributed by atoms with Crippen LogP contribution >= 0.6 is 23.1 Å². The van der Waals surface area contributed by atoms with Crippen molar-refractivity contribution in [2.75, 3.05) is 26.3 Å². The predicted molar refractivity (Wildman–Crippen MR) is 108 cm³/mol. The number of rotatable bonds is 2. The molecule has 5 rings (SSSR count). The molecule has 3 aromatic heterocycles. The average molecular weight is 415 g/mol. The number of pyridine rings is 1. The minimum atomic E-state index is -0.0823. The Kier molecular flexibility index (Phi) is 4.37. The van der Waals surface area contributed by atoms with E-state index in [0.29, 0.717) is 37.8 Å². The number of amides is 1. The number of nitrogens with zero attached hydrogens (tertiary/aromatic N) is 4. The molecule has 0 aromatic carbocycles. The van der Waals surface area contributed by atoms with Gasteiger partial charge in [-0.1, -0.05) is 0 Å². The first kappa shape index (κ1) is 17.7. The van der Waals surface area contributed by atoms with Gasteiger partial charge in [0.25, 0.3) is 5.91 Å². The van der Waals surface area contributed by atoms with Gasteiger partial charge >= 0.3 is 0 Å². The van der Waals surface area contributed by atoms with Gasteiger partial charge in [0, 0.05) is 49.3 Å². The Morgan fingerprint density at radius 1 is 1.21 bits per heavy atom. The van der Waals surface area contributed by atoms with Gasteiger partial charge in [-0.2, -0.15) is 5.10 Å². The lowest BCUT2D eigenvalue weighted by atomic mass is 10.1. The Balaban J connectivity index is 1.69. The van der Waals surface area contributed by atoms with Gasteiger partial charge in [-0.3, -0.25) is 9.59 Å². The lowest BCUT2D eigenvalue weighted by Gasteiger charge is -2.26. The van der Waals surface area contributed by atoms with Crippen LogP contribution in [0.4, 0.5) is 0 Å². The van der Waals surface area contributed by atoms with E-state index in [4.69, 9.17) is 9.84 Å². The van der Waals surface area contributed by atoms with Crippen LogP contribution in [0.5, 0.6) is 0 Å². The lowest BCUT2D eigenvalue weighted by Crippen LogP contribution is -2.41. The molecule has 3 aromatic rings. The molecule has 144 valence electrons. The highest BCUT2D eigenvalue weighted by molar-refractivity contribution is 8.00. The molecule has 0 aliphatic carbocycles. The van der Waals surface area contributed by atoms with E-state index in [2.05, 4.69) is 11.4 Å². The Morgan fingerprint density at radius 2 is 2.04 bits per heavy atom. The van der Waals surface area contributed by atoms with Crippen molar-refractivity contribution in [2.45, 2.75) is 9.96 Å². The number of aromatic nitrogens is 3. The van der Waals surface area contributed by atoms with Crippen molar-refractivity contribution in [1.29, 1.82) is 0 Å². The first-order valence-electron chi connectivity index (χ1n) is 9.00. The normalized spacial score (nSPS) is 16.0. The fraction of sp³-hybridized carbons (Fsp3) is 0.316. The van der Waals surface area contributed by atoms with Gasteiger partial charge in [-0.05, 0) is 17.5 Å². The molecule has 2 aliphatic heterocycles. The summed E-state index contributed by atoms with van der Waals surface area (Å²) in [5.74, 6) is 0.655. The summed E-state index contributed by atoms with van der Waals surface area (Å²) < 4.78 is 9.94. The van der Waals surface area contributed by atoms with Crippen LogP contribution in [0.1, 0.15) is 16.1 Å². The third kappa shape index (κ3) is 2.81. The summed E-state index contributed by atoms with van der Waals surface area (Å²) in [6.45, 7) is 2.27. The molecule has 0 atom stereocenters. The Morgan fingerprint density at radius 3 is 2.82 bits per heavy atom. The quantitative estimate of drug-likeness (QED) is 0.644. The molecule has 2 aliphatic rings. The highest BCUT2D eigenvalue weighted by atomic mass is 32.2. The smallest absolute Gasteiger partial charge is 0.274 e. The Bertz CT molecular complexity index is 1120. The van der Waals surface area contributed by atoms with Crippen molar-refractivity contribution >= 4 is 29.0 Å². The summed E-state index contributed by atoms with van der Waals surface area (Å²) in [6, 6.07) is 5.36. The summed E-state index contributed by atoms with van der Waals surface area (Å²) >= 11 is 3.44. The van der Waals surface area contributed by atoms with Gasteiger partial charge in [0.15, 0.2) is 5.69 Å². The molecule has 9 heteroatoms. The van der Waals surface area contributed by atoms with Crippen LogP contribution in [0.2, 0.25) is 0 Å². The Labute approximate surface area is 169 Å². The molecule has 0 spiro atoms. The Hall–Kier alpha value is -2.36.